The van der Waals surface area contributed by atoms with E-state index < -0.39 is 16.8 Å². The van der Waals surface area contributed by atoms with E-state index in [1.807, 2.05) is 0 Å². The summed E-state index contributed by atoms with van der Waals surface area (Å²) in [6, 6.07) is 6.02. The van der Waals surface area contributed by atoms with E-state index in [4.69, 9.17) is 4.74 Å². The lowest BCUT2D eigenvalue weighted by atomic mass is 10.1. The minimum Gasteiger partial charge on any atom is -0.448 e. The zero-order valence-corrected chi connectivity index (χ0v) is 8.95. The highest BCUT2D eigenvalue weighted by molar-refractivity contribution is 7.84. The lowest BCUT2D eigenvalue weighted by Gasteiger charge is -2.02. The topological polar surface area (TPSA) is 60.4 Å². The molecule has 1 unspecified atom stereocenters. The molecule has 1 atom stereocenters. The van der Waals surface area contributed by atoms with Crippen LogP contribution in [0.4, 0.5) is 0 Å². The summed E-state index contributed by atoms with van der Waals surface area (Å²) < 4.78 is 15.4. The second kappa shape index (κ2) is 5.41. The third kappa shape index (κ3) is 3.63. The average molecular weight is 226 g/mol. The molecule has 0 fully saturated rings. The molecule has 0 saturated heterocycles. The van der Waals surface area contributed by atoms with Gasteiger partial charge in [-0.05, 0) is 12.1 Å². The Balaban J connectivity index is 2.66. The molecule has 0 aliphatic rings. The van der Waals surface area contributed by atoms with E-state index in [-0.39, 0.29) is 5.94 Å². The highest BCUT2D eigenvalue weighted by Crippen LogP contribution is 2.04. The molecule has 80 valence electrons. The number of carbonyl (C=O) groups is 2. The molecule has 1 rings (SSSR count). The zero-order chi connectivity index (χ0) is 11.3. The quantitative estimate of drug-likeness (QED) is 0.567. The SMILES string of the molecule is CS(=O)COC(=O)c1ccc(C=O)cc1. The van der Waals surface area contributed by atoms with Crippen LogP contribution in [-0.2, 0) is 15.5 Å². The van der Waals surface area contributed by atoms with Crippen molar-refractivity contribution in [2.24, 2.45) is 0 Å². The Kier molecular flexibility index (Phi) is 4.17. The number of esters is 1. The van der Waals surface area contributed by atoms with Crippen LogP contribution in [0, 0.1) is 0 Å². The van der Waals surface area contributed by atoms with Gasteiger partial charge < -0.3 is 4.74 Å². The Morgan fingerprint density at radius 2 is 2.00 bits per heavy atom. The number of carbonyl (C=O) groups excluding carboxylic acids is 2. The van der Waals surface area contributed by atoms with E-state index in [0.29, 0.717) is 17.4 Å². The maximum absolute atomic E-state index is 11.3. The Morgan fingerprint density at radius 3 is 2.47 bits per heavy atom. The van der Waals surface area contributed by atoms with Crippen molar-refractivity contribution < 1.29 is 18.5 Å². The van der Waals surface area contributed by atoms with Crippen molar-refractivity contribution in [1.29, 1.82) is 0 Å². The highest BCUT2D eigenvalue weighted by atomic mass is 32.2. The van der Waals surface area contributed by atoms with Gasteiger partial charge in [-0.3, -0.25) is 9.00 Å². The average Bonchev–Trinajstić information content (AvgIpc) is 2.26. The van der Waals surface area contributed by atoms with Gasteiger partial charge in [0.1, 0.15) is 6.29 Å². The van der Waals surface area contributed by atoms with Crippen LogP contribution in [0.15, 0.2) is 24.3 Å². The fourth-order valence-electron chi connectivity index (χ4n) is 0.918. The molecule has 0 N–H and O–H groups in total. The van der Waals surface area contributed by atoms with Crippen LogP contribution in [0.25, 0.3) is 0 Å². The van der Waals surface area contributed by atoms with Crippen LogP contribution >= 0.6 is 0 Å². The van der Waals surface area contributed by atoms with Crippen LogP contribution < -0.4 is 0 Å². The number of hydrogen-bond donors (Lipinski definition) is 0. The fourth-order valence-corrected chi connectivity index (χ4v) is 1.19. The zero-order valence-electron chi connectivity index (χ0n) is 8.14. The summed E-state index contributed by atoms with van der Waals surface area (Å²) in [6.07, 6.45) is 2.14. The first kappa shape index (κ1) is 11.6. The third-order valence-electron chi connectivity index (χ3n) is 1.64. The van der Waals surface area contributed by atoms with Crippen molar-refractivity contribution in [2.75, 3.05) is 12.2 Å². The van der Waals surface area contributed by atoms with Crippen molar-refractivity contribution in [2.45, 2.75) is 0 Å². The van der Waals surface area contributed by atoms with Crippen molar-refractivity contribution in [3.05, 3.63) is 35.4 Å². The van der Waals surface area contributed by atoms with Crippen molar-refractivity contribution >= 4 is 23.1 Å². The monoisotopic (exact) mass is 226 g/mol. The normalized spacial score (nSPS) is 11.8. The van der Waals surface area contributed by atoms with Gasteiger partial charge in [-0.25, -0.2) is 4.79 Å². The van der Waals surface area contributed by atoms with Gasteiger partial charge in [0.05, 0.1) is 16.4 Å². The van der Waals surface area contributed by atoms with Gasteiger partial charge in [-0.2, -0.15) is 0 Å². The summed E-state index contributed by atoms with van der Waals surface area (Å²) in [6.45, 7) is 0. The van der Waals surface area contributed by atoms with Gasteiger partial charge in [0.2, 0.25) is 0 Å². The van der Waals surface area contributed by atoms with Crippen LogP contribution in [-0.4, -0.2) is 28.7 Å². The van der Waals surface area contributed by atoms with Crippen molar-refractivity contribution in [1.82, 2.24) is 0 Å². The molecule has 0 saturated carbocycles. The van der Waals surface area contributed by atoms with Gasteiger partial charge >= 0.3 is 5.97 Å². The number of ether oxygens (including phenoxy) is 1. The van der Waals surface area contributed by atoms with Crippen LogP contribution in [0.3, 0.4) is 0 Å². The van der Waals surface area contributed by atoms with Crippen molar-refractivity contribution in [3.8, 4) is 0 Å². The van der Waals surface area contributed by atoms with E-state index in [9.17, 15) is 13.8 Å². The first-order valence-corrected chi connectivity index (χ1v) is 5.88. The van der Waals surface area contributed by atoms with E-state index in [0.717, 1.165) is 0 Å². The molecule has 0 aliphatic carbocycles. The molecule has 0 radical (unpaired) electrons. The molecule has 1 aromatic carbocycles. The highest BCUT2D eigenvalue weighted by Gasteiger charge is 2.07. The van der Waals surface area contributed by atoms with Crippen LogP contribution in [0.5, 0.6) is 0 Å². The first-order chi connectivity index (χ1) is 7.13. The summed E-state index contributed by atoms with van der Waals surface area (Å²) in [5.41, 5.74) is 0.830. The predicted molar refractivity (Wildman–Crippen MR) is 56.2 cm³/mol. The van der Waals surface area contributed by atoms with E-state index in [2.05, 4.69) is 0 Å². The minimum absolute atomic E-state index is 0.117. The van der Waals surface area contributed by atoms with Crippen LogP contribution in [0.1, 0.15) is 20.7 Å². The van der Waals surface area contributed by atoms with Crippen molar-refractivity contribution in [3.63, 3.8) is 0 Å². The maximum Gasteiger partial charge on any atom is 0.339 e. The molecule has 0 amide bonds. The minimum atomic E-state index is -1.17. The Morgan fingerprint density at radius 1 is 1.40 bits per heavy atom. The number of hydrogen-bond acceptors (Lipinski definition) is 4. The molecule has 0 bridgehead atoms. The molecule has 0 aromatic heterocycles. The number of benzene rings is 1. The molecule has 0 spiro atoms. The fraction of sp³-hybridized carbons (Fsp3) is 0.200. The largest absolute Gasteiger partial charge is 0.448 e. The first-order valence-electron chi connectivity index (χ1n) is 4.16. The molecule has 0 heterocycles. The molecular weight excluding hydrogens is 216 g/mol. The van der Waals surface area contributed by atoms with E-state index in [1.54, 1.807) is 0 Å². The summed E-state index contributed by atoms with van der Waals surface area (Å²) in [5.74, 6) is -0.656. The summed E-state index contributed by atoms with van der Waals surface area (Å²) in [5, 5.41) is 0. The summed E-state index contributed by atoms with van der Waals surface area (Å²) in [4.78, 5) is 21.7. The van der Waals surface area contributed by atoms with Gasteiger partial charge in [0.25, 0.3) is 0 Å². The smallest absolute Gasteiger partial charge is 0.339 e. The Bertz CT molecular complexity index is 383. The third-order valence-corrected chi connectivity index (χ3v) is 2.09. The second-order valence-electron chi connectivity index (χ2n) is 2.86. The molecule has 5 heteroatoms. The molecule has 4 nitrogen and oxygen atoms in total. The predicted octanol–water partition coefficient (Wildman–Crippen LogP) is 0.992. The van der Waals surface area contributed by atoms with Gasteiger partial charge in [0, 0.05) is 11.8 Å². The Labute approximate surface area is 89.7 Å². The number of rotatable bonds is 4. The summed E-state index contributed by atoms with van der Waals surface area (Å²) in [7, 11) is -1.17. The molecular formula is C10H10O4S. The van der Waals surface area contributed by atoms with E-state index >= 15 is 0 Å². The second-order valence-corrected chi connectivity index (χ2v) is 4.24. The molecule has 0 aliphatic heterocycles. The summed E-state index contributed by atoms with van der Waals surface area (Å²) >= 11 is 0. The lowest BCUT2D eigenvalue weighted by Crippen LogP contribution is -2.09. The maximum atomic E-state index is 11.3. The van der Waals surface area contributed by atoms with Gasteiger partial charge in [-0.15, -0.1) is 0 Å². The molecule has 1 aromatic rings. The standard InChI is InChI=1S/C10H10O4S/c1-15(13)7-14-10(12)9-4-2-8(6-11)3-5-9/h2-6H,7H2,1H3. The van der Waals surface area contributed by atoms with E-state index in [1.165, 1.54) is 30.5 Å². The molecule has 15 heavy (non-hydrogen) atoms. The Hall–Kier alpha value is -1.49. The van der Waals surface area contributed by atoms with Crippen LogP contribution in [0.2, 0.25) is 0 Å². The number of aldehydes is 1. The van der Waals surface area contributed by atoms with Gasteiger partial charge in [0.15, 0.2) is 5.94 Å². The van der Waals surface area contributed by atoms with Gasteiger partial charge in [-0.1, -0.05) is 12.1 Å². The lowest BCUT2D eigenvalue weighted by molar-refractivity contribution is 0.0575.